The highest BCUT2D eigenvalue weighted by Gasteiger charge is 2.16. The van der Waals surface area contributed by atoms with Crippen molar-refractivity contribution in [3.8, 4) is 0 Å². The van der Waals surface area contributed by atoms with E-state index in [9.17, 15) is 14.9 Å². The standard InChI is InChI=1S/C16H10N4O5/c21-16(10-2-1-3-12-11(10)7-17-19-12)24-8-15-18-13-6-9(20(22)23)4-5-14(13)25-15/h1-7H,8H2,(H,17,19). The van der Waals surface area contributed by atoms with Crippen molar-refractivity contribution in [3.63, 3.8) is 0 Å². The van der Waals surface area contributed by atoms with Crippen LogP contribution in [0.3, 0.4) is 0 Å². The van der Waals surface area contributed by atoms with Gasteiger partial charge in [0, 0.05) is 17.5 Å². The molecule has 0 saturated carbocycles. The van der Waals surface area contributed by atoms with Gasteiger partial charge in [0.15, 0.2) is 12.2 Å². The molecule has 2 heterocycles. The summed E-state index contributed by atoms with van der Waals surface area (Å²) in [4.78, 5) is 26.6. The molecule has 0 aliphatic heterocycles. The van der Waals surface area contributed by atoms with Crippen molar-refractivity contribution in [2.45, 2.75) is 6.61 Å². The molecule has 0 spiro atoms. The van der Waals surface area contributed by atoms with Crippen molar-refractivity contribution >= 4 is 33.7 Å². The van der Waals surface area contributed by atoms with E-state index in [4.69, 9.17) is 9.15 Å². The molecule has 0 aliphatic carbocycles. The third-order valence-corrected chi connectivity index (χ3v) is 3.66. The predicted octanol–water partition coefficient (Wildman–Crippen LogP) is 2.97. The van der Waals surface area contributed by atoms with Crippen LogP contribution in [0, 0.1) is 10.1 Å². The van der Waals surface area contributed by atoms with Crippen LogP contribution in [0.25, 0.3) is 22.0 Å². The summed E-state index contributed by atoms with van der Waals surface area (Å²) in [6.07, 6.45) is 1.55. The molecule has 2 aromatic carbocycles. The number of aromatic amines is 1. The first-order valence-electron chi connectivity index (χ1n) is 7.25. The number of nitrogens with one attached hydrogen (secondary N) is 1. The van der Waals surface area contributed by atoms with Gasteiger partial charge in [-0.3, -0.25) is 15.2 Å². The van der Waals surface area contributed by atoms with E-state index in [1.165, 1.54) is 18.2 Å². The molecule has 9 nitrogen and oxygen atoms in total. The first-order valence-corrected chi connectivity index (χ1v) is 7.25. The van der Waals surface area contributed by atoms with Crippen molar-refractivity contribution in [2.75, 3.05) is 0 Å². The Bertz CT molecular complexity index is 1110. The van der Waals surface area contributed by atoms with Crippen molar-refractivity contribution in [2.24, 2.45) is 0 Å². The van der Waals surface area contributed by atoms with E-state index in [1.54, 1.807) is 24.4 Å². The maximum absolute atomic E-state index is 12.3. The number of ether oxygens (including phenoxy) is 1. The zero-order chi connectivity index (χ0) is 17.4. The average Bonchev–Trinajstić information content (AvgIpc) is 3.24. The Balaban J connectivity index is 1.54. The number of benzene rings is 2. The van der Waals surface area contributed by atoms with Crippen LogP contribution in [0.5, 0.6) is 0 Å². The van der Waals surface area contributed by atoms with Gasteiger partial charge in [-0.05, 0) is 18.2 Å². The molecule has 0 unspecified atom stereocenters. The summed E-state index contributed by atoms with van der Waals surface area (Å²) in [5.41, 5.74) is 1.73. The number of esters is 1. The number of H-pyrrole nitrogens is 1. The second-order valence-corrected chi connectivity index (χ2v) is 5.23. The molecule has 124 valence electrons. The van der Waals surface area contributed by atoms with Crippen LogP contribution in [0.4, 0.5) is 5.69 Å². The predicted molar refractivity (Wildman–Crippen MR) is 85.9 cm³/mol. The molecule has 1 N–H and O–H groups in total. The topological polar surface area (TPSA) is 124 Å². The van der Waals surface area contributed by atoms with E-state index in [2.05, 4.69) is 15.2 Å². The monoisotopic (exact) mass is 338 g/mol. The fraction of sp³-hybridized carbons (Fsp3) is 0.0625. The summed E-state index contributed by atoms with van der Waals surface area (Å²) < 4.78 is 10.7. The number of oxazole rings is 1. The maximum Gasteiger partial charge on any atom is 0.339 e. The molecular weight excluding hydrogens is 328 g/mol. The molecule has 0 bridgehead atoms. The highest BCUT2D eigenvalue weighted by atomic mass is 16.6. The molecule has 0 saturated heterocycles. The Labute approximate surface area is 139 Å². The number of carbonyl (C=O) groups excluding carboxylic acids is 1. The quantitative estimate of drug-likeness (QED) is 0.344. The minimum atomic E-state index is -0.541. The number of nitrogens with zero attached hydrogens (tertiary/aromatic N) is 3. The van der Waals surface area contributed by atoms with E-state index in [0.29, 0.717) is 22.0 Å². The molecule has 9 heteroatoms. The normalized spacial score (nSPS) is 11.0. The lowest BCUT2D eigenvalue weighted by Crippen LogP contribution is -2.05. The number of rotatable bonds is 4. The zero-order valence-corrected chi connectivity index (χ0v) is 12.6. The van der Waals surface area contributed by atoms with Crippen molar-refractivity contribution in [3.05, 3.63) is 64.2 Å². The van der Waals surface area contributed by atoms with Crippen LogP contribution in [0.1, 0.15) is 16.2 Å². The van der Waals surface area contributed by atoms with Gasteiger partial charge < -0.3 is 9.15 Å². The summed E-state index contributed by atoms with van der Waals surface area (Å²) in [5.74, 6) is -0.386. The molecule has 25 heavy (non-hydrogen) atoms. The Morgan fingerprint density at radius 3 is 3.04 bits per heavy atom. The first-order chi connectivity index (χ1) is 12.1. The van der Waals surface area contributed by atoms with E-state index < -0.39 is 10.9 Å². The lowest BCUT2D eigenvalue weighted by Gasteiger charge is -2.03. The number of fused-ring (bicyclic) bond motifs is 2. The van der Waals surface area contributed by atoms with E-state index in [1.807, 2.05) is 0 Å². The number of aromatic nitrogens is 3. The van der Waals surface area contributed by atoms with Crippen LogP contribution in [-0.4, -0.2) is 26.1 Å². The van der Waals surface area contributed by atoms with E-state index >= 15 is 0 Å². The zero-order valence-electron chi connectivity index (χ0n) is 12.6. The highest BCUT2D eigenvalue weighted by molar-refractivity contribution is 6.03. The van der Waals surface area contributed by atoms with Crippen LogP contribution in [0.2, 0.25) is 0 Å². The number of hydrogen-bond donors (Lipinski definition) is 1. The molecule has 0 aliphatic rings. The minimum absolute atomic E-state index is 0.0871. The Kier molecular flexibility index (Phi) is 3.38. The van der Waals surface area contributed by atoms with Gasteiger partial charge in [-0.1, -0.05) is 6.07 Å². The first kappa shape index (κ1) is 14.8. The Morgan fingerprint density at radius 1 is 1.32 bits per heavy atom. The number of nitro benzene ring substituents is 1. The average molecular weight is 338 g/mol. The molecule has 0 atom stereocenters. The minimum Gasteiger partial charge on any atom is -0.452 e. The molecule has 0 fully saturated rings. The number of carbonyl (C=O) groups is 1. The molecule has 2 aromatic heterocycles. The largest absolute Gasteiger partial charge is 0.452 e. The summed E-state index contributed by atoms with van der Waals surface area (Å²) in [5, 5.41) is 18.1. The third-order valence-electron chi connectivity index (χ3n) is 3.66. The van der Waals surface area contributed by atoms with Gasteiger partial charge in [-0.15, -0.1) is 0 Å². The van der Waals surface area contributed by atoms with Gasteiger partial charge in [0.2, 0.25) is 5.89 Å². The lowest BCUT2D eigenvalue weighted by atomic mass is 10.1. The summed E-state index contributed by atoms with van der Waals surface area (Å²) in [7, 11) is 0. The molecule has 4 rings (SSSR count). The van der Waals surface area contributed by atoms with Crippen molar-refractivity contribution in [1.29, 1.82) is 0 Å². The number of nitro groups is 1. The summed E-state index contributed by atoms with van der Waals surface area (Å²) >= 11 is 0. The fourth-order valence-corrected chi connectivity index (χ4v) is 2.49. The summed E-state index contributed by atoms with van der Waals surface area (Å²) in [6, 6.07) is 9.23. The van der Waals surface area contributed by atoms with Gasteiger partial charge in [-0.2, -0.15) is 5.10 Å². The van der Waals surface area contributed by atoms with Crippen LogP contribution < -0.4 is 0 Å². The van der Waals surface area contributed by atoms with Gasteiger partial charge in [-0.25, -0.2) is 9.78 Å². The second-order valence-electron chi connectivity index (χ2n) is 5.23. The van der Waals surface area contributed by atoms with Crippen molar-refractivity contribution in [1.82, 2.24) is 15.2 Å². The molecule has 0 radical (unpaired) electrons. The van der Waals surface area contributed by atoms with Gasteiger partial charge >= 0.3 is 5.97 Å². The lowest BCUT2D eigenvalue weighted by molar-refractivity contribution is -0.384. The van der Waals surface area contributed by atoms with E-state index in [0.717, 1.165) is 5.52 Å². The van der Waals surface area contributed by atoms with Gasteiger partial charge in [0.05, 0.1) is 22.2 Å². The number of hydrogen-bond acceptors (Lipinski definition) is 7. The van der Waals surface area contributed by atoms with Crippen LogP contribution >= 0.6 is 0 Å². The highest BCUT2D eigenvalue weighted by Crippen LogP contribution is 2.22. The molecule has 4 aromatic rings. The fourth-order valence-electron chi connectivity index (χ4n) is 2.49. The van der Waals surface area contributed by atoms with Gasteiger partial charge in [0.25, 0.3) is 5.69 Å². The third kappa shape index (κ3) is 2.67. The van der Waals surface area contributed by atoms with Crippen molar-refractivity contribution < 1.29 is 18.9 Å². The second kappa shape index (κ2) is 5.71. The van der Waals surface area contributed by atoms with Crippen LogP contribution in [0.15, 0.2) is 47.0 Å². The van der Waals surface area contributed by atoms with Gasteiger partial charge in [0.1, 0.15) is 5.52 Å². The van der Waals surface area contributed by atoms with E-state index in [-0.39, 0.29) is 18.2 Å². The van der Waals surface area contributed by atoms with Crippen LogP contribution in [-0.2, 0) is 11.3 Å². The SMILES string of the molecule is O=C(OCc1nc2cc([N+](=O)[O-])ccc2o1)c1cccc2[nH]ncc12. The smallest absolute Gasteiger partial charge is 0.339 e. The Hall–Kier alpha value is -3.75. The molecule has 0 amide bonds. The summed E-state index contributed by atoms with van der Waals surface area (Å²) in [6.45, 7) is -0.185. The number of non-ortho nitro benzene ring substituents is 1. The molecular formula is C16H10N4O5. The maximum atomic E-state index is 12.3. The Morgan fingerprint density at radius 2 is 2.20 bits per heavy atom.